The fourth-order valence-corrected chi connectivity index (χ4v) is 2.27. The van der Waals surface area contributed by atoms with E-state index in [0.29, 0.717) is 0 Å². The van der Waals surface area contributed by atoms with E-state index in [2.05, 4.69) is 5.32 Å². The van der Waals surface area contributed by atoms with Gasteiger partial charge in [-0.3, -0.25) is 0 Å². The molecule has 0 aromatic heterocycles. The molecule has 1 atom stereocenters. The van der Waals surface area contributed by atoms with Gasteiger partial charge in [0.1, 0.15) is 17.5 Å². The van der Waals surface area contributed by atoms with Gasteiger partial charge in [0.2, 0.25) is 0 Å². The number of hydrogen-bond donors (Lipinski definition) is 1. The van der Waals surface area contributed by atoms with Crippen molar-refractivity contribution in [1.29, 1.82) is 0 Å². The monoisotopic (exact) mass is 279 g/mol. The fraction of sp³-hybridized carbons (Fsp3) is 0.250. The zero-order valence-electron chi connectivity index (χ0n) is 11.4. The third kappa shape index (κ3) is 3.20. The molecule has 0 aliphatic carbocycles. The van der Waals surface area contributed by atoms with Crippen LogP contribution in [0.2, 0.25) is 0 Å². The Balaban J connectivity index is 2.33. The van der Waals surface area contributed by atoms with Crippen LogP contribution in [0.5, 0.6) is 0 Å². The zero-order chi connectivity index (χ0) is 14.7. The summed E-state index contributed by atoms with van der Waals surface area (Å²) >= 11 is 0. The van der Waals surface area contributed by atoms with Crippen molar-refractivity contribution in [1.82, 2.24) is 5.32 Å². The standard InChI is InChI=1S/C16H16F3N/c1-10-3-4-13(18)9-14(10)16(20-2)8-11-7-12(17)5-6-15(11)19/h3-7,9,16,20H,8H2,1-2H3. The fourth-order valence-electron chi connectivity index (χ4n) is 2.27. The number of aryl methyl sites for hydroxylation is 1. The predicted octanol–water partition coefficient (Wildman–Crippen LogP) is 3.92. The summed E-state index contributed by atoms with van der Waals surface area (Å²) in [6.07, 6.45) is 0.254. The summed E-state index contributed by atoms with van der Waals surface area (Å²) in [4.78, 5) is 0. The summed E-state index contributed by atoms with van der Waals surface area (Å²) in [6, 6.07) is 7.58. The first-order valence-electron chi connectivity index (χ1n) is 6.38. The van der Waals surface area contributed by atoms with Crippen LogP contribution in [0.3, 0.4) is 0 Å². The average Bonchev–Trinajstić information content (AvgIpc) is 2.42. The molecule has 0 aliphatic rings. The molecule has 0 amide bonds. The second kappa shape index (κ2) is 6.09. The Hall–Kier alpha value is -1.81. The maximum Gasteiger partial charge on any atom is 0.126 e. The van der Waals surface area contributed by atoms with E-state index in [0.717, 1.165) is 23.3 Å². The lowest BCUT2D eigenvalue weighted by molar-refractivity contribution is 0.538. The number of hydrogen-bond acceptors (Lipinski definition) is 1. The van der Waals surface area contributed by atoms with Gasteiger partial charge in [0.25, 0.3) is 0 Å². The molecule has 0 saturated heterocycles. The van der Waals surface area contributed by atoms with Gasteiger partial charge < -0.3 is 5.32 Å². The van der Waals surface area contributed by atoms with Crippen LogP contribution in [0.15, 0.2) is 36.4 Å². The third-order valence-electron chi connectivity index (χ3n) is 3.40. The van der Waals surface area contributed by atoms with Gasteiger partial charge in [-0.1, -0.05) is 6.07 Å². The summed E-state index contributed by atoms with van der Waals surface area (Å²) in [6.45, 7) is 1.86. The van der Waals surface area contributed by atoms with Gasteiger partial charge in [-0.2, -0.15) is 0 Å². The second-order valence-electron chi connectivity index (χ2n) is 4.78. The molecule has 0 fully saturated rings. The normalized spacial score (nSPS) is 12.4. The summed E-state index contributed by atoms with van der Waals surface area (Å²) in [5, 5.41) is 3.03. The van der Waals surface area contributed by atoms with E-state index in [1.165, 1.54) is 18.2 Å². The minimum atomic E-state index is -0.479. The minimum Gasteiger partial charge on any atom is -0.313 e. The number of halogens is 3. The van der Waals surface area contributed by atoms with Crippen molar-refractivity contribution in [2.75, 3.05) is 7.05 Å². The third-order valence-corrected chi connectivity index (χ3v) is 3.40. The van der Waals surface area contributed by atoms with E-state index in [9.17, 15) is 13.2 Å². The van der Waals surface area contributed by atoms with Gasteiger partial charge in [0, 0.05) is 6.04 Å². The highest BCUT2D eigenvalue weighted by Gasteiger charge is 2.16. The van der Waals surface area contributed by atoms with Gasteiger partial charge in [-0.25, -0.2) is 13.2 Å². The molecule has 1 N–H and O–H groups in total. The van der Waals surface area contributed by atoms with Crippen molar-refractivity contribution in [3.63, 3.8) is 0 Å². The molecule has 0 radical (unpaired) electrons. The Morgan fingerprint density at radius 2 is 1.65 bits per heavy atom. The van der Waals surface area contributed by atoms with Gasteiger partial charge in [-0.15, -0.1) is 0 Å². The summed E-state index contributed by atoms with van der Waals surface area (Å²) in [5.41, 5.74) is 1.92. The highest BCUT2D eigenvalue weighted by atomic mass is 19.1. The van der Waals surface area contributed by atoms with Crippen LogP contribution in [0, 0.1) is 24.4 Å². The smallest absolute Gasteiger partial charge is 0.126 e. The lowest BCUT2D eigenvalue weighted by atomic mass is 9.95. The Morgan fingerprint density at radius 3 is 2.35 bits per heavy atom. The molecule has 0 heterocycles. The van der Waals surface area contributed by atoms with E-state index >= 15 is 0 Å². The van der Waals surface area contributed by atoms with Crippen molar-refractivity contribution < 1.29 is 13.2 Å². The molecule has 0 aliphatic heterocycles. The van der Waals surface area contributed by atoms with E-state index in [1.54, 1.807) is 13.1 Å². The quantitative estimate of drug-likeness (QED) is 0.894. The van der Waals surface area contributed by atoms with Crippen molar-refractivity contribution in [3.05, 3.63) is 70.5 Å². The number of benzene rings is 2. The van der Waals surface area contributed by atoms with Crippen molar-refractivity contribution in [3.8, 4) is 0 Å². The Labute approximate surface area is 116 Å². The lowest BCUT2D eigenvalue weighted by Crippen LogP contribution is -2.20. The maximum absolute atomic E-state index is 13.7. The van der Waals surface area contributed by atoms with Crippen molar-refractivity contribution >= 4 is 0 Å². The summed E-state index contributed by atoms with van der Waals surface area (Å²) < 4.78 is 40.3. The van der Waals surface area contributed by atoms with Crippen molar-refractivity contribution in [2.45, 2.75) is 19.4 Å². The van der Waals surface area contributed by atoms with Gasteiger partial charge in [-0.05, 0) is 67.4 Å². The van der Waals surface area contributed by atoms with E-state index in [4.69, 9.17) is 0 Å². The van der Waals surface area contributed by atoms with Crippen LogP contribution in [-0.4, -0.2) is 7.05 Å². The molecule has 0 saturated carbocycles. The van der Waals surface area contributed by atoms with E-state index in [1.807, 2.05) is 6.92 Å². The van der Waals surface area contributed by atoms with Crippen LogP contribution in [0.4, 0.5) is 13.2 Å². The number of rotatable bonds is 4. The van der Waals surface area contributed by atoms with Crippen LogP contribution in [0.25, 0.3) is 0 Å². The number of nitrogens with one attached hydrogen (secondary N) is 1. The molecule has 0 bridgehead atoms. The Kier molecular flexibility index (Phi) is 4.45. The molecule has 2 rings (SSSR count). The molecule has 2 aromatic carbocycles. The topological polar surface area (TPSA) is 12.0 Å². The van der Waals surface area contributed by atoms with Crippen LogP contribution in [-0.2, 0) is 6.42 Å². The molecule has 0 spiro atoms. The highest BCUT2D eigenvalue weighted by Crippen LogP contribution is 2.24. The first-order chi connectivity index (χ1) is 9.51. The summed E-state index contributed by atoms with van der Waals surface area (Å²) in [7, 11) is 1.71. The van der Waals surface area contributed by atoms with E-state index < -0.39 is 11.6 Å². The first kappa shape index (κ1) is 14.6. The highest BCUT2D eigenvalue weighted by molar-refractivity contribution is 5.31. The molecule has 2 aromatic rings. The predicted molar refractivity (Wildman–Crippen MR) is 73.0 cm³/mol. The molecular formula is C16H16F3N. The largest absolute Gasteiger partial charge is 0.313 e. The SMILES string of the molecule is CNC(Cc1cc(F)ccc1F)c1cc(F)ccc1C. The lowest BCUT2D eigenvalue weighted by Gasteiger charge is -2.19. The van der Waals surface area contributed by atoms with E-state index in [-0.39, 0.29) is 23.8 Å². The maximum atomic E-state index is 13.7. The Morgan fingerprint density at radius 1 is 1.00 bits per heavy atom. The molecule has 1 unspecified atom stereocenters. The number of likely N-dealkylation sites (N-methyl/N-ethyl adjacent to an activating group) is 1. The molecule has 1 nitrogen and oxygen atoms in total. The van der Waals surface area contributed by atoms with Gasteiger partial charge >= 0.3 is 0 Å². The molecule has 4 heteroatoms. The first-order valence-corrected chi connectivity index (χ1v) is 6.38. The van der Waals surface area contributed by atoms with Gasteiger partial charge in [0.05, 0.1) is 0 Å². The molecule has 106 valence electrons. The average molecular weight is 279 g/mol. The van der Waals surface area contributed by atoms with Crippen LogP contribution < -0.4 is 5.32 Å². The summed E-state index contributed by atoms with van der Waals surface area (Å²) in [5.74, 6) is -1.28. The zero-order valence-corrected chi connectivity index (χ0v) is 11.4. The Bertz CT molecular complexity index is 611. The second-order valence-corrected chi connectivity index (χ2v) is 4.78. The molecular weight excluding hydrogens is 263 g/mol. The minimum absolute atomic E-state index is 0.254. The van der Waals surface area contributed by atoms with Crippen LogP contribution >= 0.6 is 0 Å². The van der Waals surface area contributed by atoms with Crippen molar-refractivity contribution in [2.24, 2.45) is 0 Å². The van der Waals surface area contributed by atoms with Crippen LogP contribution in [0.1, 0.15) is 22.7 Å². The van der Waals surface area contributed by atoms with Gasteiger partial charge in [0.15, 0.2) is 0 Å². The molecule has 20 heavy (non-hydrogen) atoms.